The van der Waals surface area contributed by atoms with Crippen LogP contribution in [0.5, 0.6) is 5.75 Å². The van der Waals surface area contributed by atoms with Gasteiger partial charge < -0.3 is 14.7 Å². The van der Waals surface area contributed by atoms with Gasteiger partial charge in [-0.25, -0.2) is 0 Å². The lowest BCUT2D eigenvalue weighted by Gasteiger charge is -2.25. The Balaban J connectivity index is 2.09. The number of ether oxygens (including phenoxy) is 1. The molecule has 1 aliphatic heterocycles. The van der Waals surface area contributed by atoms with Crippen LogP contribution in [-0.4, -0.2) is 35.4 Å². The van der Waals surface area contributed by atoms with Crippen molar-refractivity contribution in [3.05, 3.63) is 69.7 Å². The summed E-state index contributed by atoms with van der Waals surface area (Å²) in [5.74, 6) is -0.692. The van der Waals surface area contributed by atoms with E-state index in [9.17, 15) is 14.7 Å². The highest BCUT2D eigenvalue weighted by Gasteiger charge is 2.45. The molecule has 152 valence electrons. The first-order valence-corrected chi connectivity index (χ1v) is 10.5. The van der Waals surface area contributed by atoms with Gasteiger partial charge in [0.25, 0.3) is 11.7 Å². The molecule has 1 heterocycles. The van der Waals surface area contributed by atoms with Crippen LogP contribution in [0.2, 0.25) is 0 Å². The maximum Gasteiger partial charge on any atom is 0.295 e. The van der Waals surface area contributed by atoms with Crippen LogP contribution in [-0.2, 0) is 9.59 Å². The summed E-state index contributed by atoms with van der Waals surface area (Å²) in [7, 11) is 1.58. The summed E-state index contributed by atoms with van der Waals surface area (Å²) in [5.41, 5.74) is 1.39. The maximum absolute atomic E-state index is 12.9. The van der Waals surface area contributed by atoms with Gasteiger partial charge in [0, 0.05) is 16.6 Å². The van der Waals surface area contributed by atoms with Gasteiger partial charge in [0.2, 0.25) is 0 Å². The molecule has 1 unspecified atom stereocenters. The minimum absolute atomic E-state index is 0.124. The molecule has 0 aliphatic carbocycles. The van der Waals surface area contributed by atoms with E-state index in [4.69, 9.17) is 4.74 Å². The van der Waals surface area contributed by atoms with Crippen molar-refractivity contribution in [1.82, 2.24) is 4.90 Å². The van der Waals surface area contributed by atoms with E-state index >= 15 is 0 Å². The Bertz CT molecular complexity index is 919. The van der Waals surface area contributed by atoms with E-state index in [0.29, 0.717) is 17.9 Å². The zero-order valence-corrected chi connectivity index (χ0v) is 18.1. The number of hydrogen-bond donors (Lipinski definition) is 1. The number of hydrogen-bond acceptors (Lipinski definition) is 4. The van der Waals surface area contributed by atoms with E-state index in [0.717, 1.165) is 29.3 Å². The molecule has 1 N–H and O–H groups in total. The number of methoxy groups -OCH3 is 1. The first-order valence-electron chi connectivity index (χ1n) is 9.66. The molecule has 1 aliphatic rings. The SMILES string of the molecule is CCCCCN1C(=O)C(=O)/C(=C(\O)c2ccc(Br)cc2)C1c1ccc(OC)cc1. The zero-order chi connectivity index (χ0) is 21.0. The highest BCUT2D eigenvalue weighted by molar-refractivity contribution is 9.10. The summed E-state index contributed by atoms with van der Waals surface area (Å²) in [6.07, 6.45) is 2.77. The Morgan fingerprint density at radius 1 is 1.07 bits per heavy atom. The van der Waals surface area contributed by atoms with Gasteiger partial charge in [-0.1, -0.05) is 60.0 Å². The van der Waals surface area contributed by atoms with Crippen LogP contribution < -0.4 is 4.74 Å². The Kier molecular flexibility index (Phi) is 6.75. The van der Waals surface area contributed by atoms with Crippen molar-refractivity contribution in [1.29, 1.82) is 0 Å². The highest BCUT2D eigenvalue weighted by atomic mass is 79.9. The molecule has 0 aromatic heterocycles. The number of Topliss-reactive ketones (excluding diaryl/α,β-unsaturated/α-hetero) is 1. The van der Waals surface area contributed by atoms with Gasteiger partial charge in [0.15, 0.2) is 0 Å². The predicted molar refractivity (Wildman–Crippen MR) is 116 cm³/mol. The van der Waals surface area contributed by atoms with Crippen molar-refractivity contribution in [2.75, 3.05) is 13.7 Å². The van der Waals surface area contributed by atoms with Crippen molar-refractivity contribution in [3.8, 4) is 5.75 Å². The summed E-state index contributed by atoms with van der Waals surface area (Å²) in [4.78, 5) is 27.3. The molecule has 1 amide bonds. The number of ketones is 1. The molecular formula is C23H24BrNO4. The van der Waals surface area contributed by atoms with Crippen molar-refractivity contribution in [2.45, 2.75) is 32.2 Å². The maximum atomic E-state index is 12.9. The molecule has 2 aromatic carbocycles. The first kappa shape index (κ1) is 21.1. The lowest BCUT2D eigenvalue weighted by molar-refractivity contribution is -0.139. The van der Waals surface area contributed by atoms with Gasteiger partial charge in [0.1, 0.15) is 11.5 Å². The molecule has 5 nitrogen and oxygen atoms in total. The van der Waals surface area contributed by atoms with E-state index in [-0.39, 0.29) is 11.3 Å². The number of carbonyl (C=O) groups excluding carboxylic acids is 2. The second-order valence-electron chi connectivity index (χ2n) is 6.98. The molecule has 0 saturated carbocycles. The fraction of sp³-hybridized carbons (Fsp3) is 0.304. The molecule has 1 atom stereocenters. The third-order valence-electron chi connectivity index (χ3n) is 5.09. The van der Waals surface area contributed by atoms with Gasteiger partial charge in [0.05, 0.1) is 18.7 Å². The minimum Gasteiger partial charge on any atom is -0.507 e. The summed E-state index contributed by atoms with van der Waals surface area (Å²) in [5, 5.41) is 11.0. The van der Waals surface area contributed by atoms with Crippen molar-refractivity contribution in [2.24, 2.45) is 0 Å². The predicted octanol–water partition coefficient (Wildman–Crippen LogP) is 5.07. The highest BCUT2D eigenvalue weighted by Crippen LogP contribution is 2.40. The smallest absolute Gasteiger partial charge is 0.295 e. The van der Waals surface area contributed by atoms with Gasteiger partial charge >= 0.3 is 0 Å². The van der Waals surface area contributed by atoms with Crippen molar-refractivity contribution in [3.63, 3.8) is 0 Å². The molecule has 2 aromatic rings. The topological polar surface area (TPSA) is 66.8 Å². The summed E-state index contributed by atoms with van der Waals surface area (Å²) in [6, 6.07) is 13.6. The Morgan fingerprint density at radius 2 is 1.72 bits per heavy atom. The van der Waals surface area contributed by atoms with E-state index in [1.54, 1.807) is 48.4 Å². The quantitative estimate of drug-likeness (QED) is 0.272. The molecule has 1 fully saturated rings. The number of benzene rings is 2. The normalized spacial score (nSPS) is 18.3. The van der Waals surface area contributed by atoms with Gasteiger partial charge in [-0.05, 0) is 36.2 Å². The number of aliphatic hydroxyl groups is 1. The van der Waals surface area contributed by atoms with Crippen LogP contribution in [0.3, 0.4) is 0 Å². The molecule has 0 radical (unpaired) electrons. The van der Waals surface area contributed by atoms with Gasteiger partial charge in [-0.3, -0.25) is 9.59 Å². The average Bonchev–Trinajstić information content (AvgIpc) is 2.99. The Labute approximate surface area is 179 Å². The molecule has 6 heteroatoms. The number of carbonyl (C=O) groups is 2. The number of aliphatic hydroxyl groups excluding tert-OH is 1. The molecule has 3 rings (SSSR count). The van der Waals surface area contributed by atoms with Gasteiger partial charge in [-0.15, -0.1) is 0 Å². The third kappa shape index (κ3) is 4.37. The molecule has 0 spiro atoms. The summed E-state index contributed by atoms with van der Waals surface area (Å²) in [6.45, 7) is 2.55. The van der Waals surface area contributed by atoms with Crippen LogP contribution >= 0.6 is 15.9 Å². The fourth-order valence-corrected chi connectivity index (χ4v) is 3.80. The number of rotatable bonds is 7. The number of amides is 1. The van der Waals surface area contributed by atoms with Gasteiger partial charge in [-0.2, -0.15) is 0 Å². The number of unbranched alkanes of at least 4 members (excludes halogenated alkanes) is 2. The lowest BCUT2D eigenvalue weighted by Crippen LogP contribution is -2.30. The van der Waals surface area contributed by atoms with E-state index < -0.39 is 17.7 Å². The van der Waals surface area contributed by atoms with Crippen LogP contribution in [0.25, 0.3) is 5.76 Å². The van der Waals surface area contributed by atoms with Crippen LogP contribution in [0.4, 0.5) is 0 Å². The van der Waals surface area contributed by atoms with E-state index in [1.165, 1.54) is 0 Å². The molecule has 1 saturated heterocycles. The first-order chi connectivity index (χ1) is 14.0. The van der Waals surface area contributed by atoms with Crippen molar-refractivity contribution >= 4 is 33.4 Å². The minimum atomic E-state index is -0.650. The fourth-order valence-electron chi connectivity index (χ4n) is 3.54. The molecule has 0 bridgehead atoms. The summed E-state index contributed by atoms with van der Waals surface area (Å²) < 4.78 is 6.08. The monoisotopic (exact) mass is 457 g/mol. The third-order valence-corrected chi connectivity index (χ3v) is 5.62. The van der Waals surface area contributed by atoms with E-state index in [2.05, 4.69) is 22.9 Å². The second-order valence-corrected chi connectivity index (χ2v) is 7.90. The number of halogens is 1. The number of nitrogens with zero attached hydrogens (tertiary/aromatic N) is 1. The second kappa shape index (κ2) is 9.27. The van der Waals surface area contributed by atoms with Crippen LogP contribution in [0.15, 0.2) is 58.6 Å². The summed E-state index contributed by atoms with van der Waals surface area (Å²) >= 11 is 3.37. The van der Waals surface area contributed by atoms with Crippen molar-refractivity contribution < 1.29 is 19.4 Å². The average molecular weight is 458 g/mol. The molecule has 29 heavy (non-hydrogen) atoms. The van der Waals surface area contributed by atoms with Crippen LogP contribution in [0, 0.1) is 0 Å². The van der Waals surface area contributed by atoms with E-state index in [1.807, 2.05) is 12.1 Å². The van der Waals surface area contributed by atoms with Crippen LogP contribution in [0.1, 0.15) is 43.4 Å². The largest absolute Gasteiger partial charge is 0.507 e. The number of likely N-dealkylation sites (tertiary alicyclic amines) is 1. The lowest BCUT2D eigenvalue weighted by atomic mass is 9.95. The standard InChI is InChI=1S/C23H24BrNO4/c1-3-4-5-14-25-20(15-8-12-18(29-2)13-9-15)19(22(27)23(25)28)21(26)16-6-10-17(24)11-7-16/h6-13,20,26H,3-5,14H2,1-2H3/b21-19-. The Hall–Kier alpha value is -2.60. The molecular weight excluding hydrogens is 434 g/mol. The zero-order valence-electron chi connectivity index (χ0n) is 16.5. The Morgan fingerprint density at radius 3 is 2.31 bits per heavy atom.